The molecule has 1 spiro atoms. The van der Waals surface area contributed by atoms with E-state index in [0.717, 1.165) is 18.4 Å². The van der Waals surface area contributed by atoms with Gasteiger partial charge in [-0.15, -0.1) is 24.9 Å². The summed E-state index contributed by atoms with van der Waals surface area (Å²) in [7, 11) is 0. The summed E-state index contributed by atoms with van der Waals surface area (Å²) in [6.45, 7) is 17.3. The lowest BCUT2D eigenvalue weighted by Gasteiger charge is -2.40. The Morgan fingerprint density at radius 3 is 2.35 bits per heavy atom. The van der Waals surface area contributed by atoms with Gasteiger partial charge in [0.1, 0.15) is 6.04 Å². The Labute approximate surface area is 243 Å². The summed E-state index contributed by atoms with van der Waals surface area (Å²) in [6, 6.07) is 8.52. The molecule has 3 heterocycles. The van der Waals surface area contributed by atoms with Crippen LogP contribution in [0.1, 0.15) is 52.5 Å². The summed E-state index contributed by atoms with van der Waals surface area (Å²) in [5.41, 5.74) is 0.994. The van der Waals surface area contributed by atoms with E-state index in [1.54, 1.807) is 33.7 Å². The summed E-state index contributed by atoms with van der Waals surface area (Å²) in [5.74, 6) is -1.54. The fourth-order valence-electron chi connectivity index (χ4n) is 7.28. The number of amides is 3. The molecule has 8 heteroatoms. The molecule has 7 nitrogen and oxygen atoms in total. The van der Waals surface area contributed by atoms with Crippen LogP contribution in [0.4, 0.5) is 0 Å². The van der Waals surface area contributed by atoms with Crippen LogP contribution in [0.25, 0.3) is 0 Å². The first-order valence-electron chi connectivity index (χ1n) is 14.6. The van der Waals surface area contributed by atoms with E-state index in [-0.39, 0.29) is 30.2 Å². The third kappa shape index (κ3) is 5.02. The maximum absolute atomic E-state index is 14.7. The molecule has 1 aromatic rings. The highest BCUT2D eigenvalue weighted by Gasteiger charge is 2.78. The average molecular weight is 568 g/mol. The molecular weight excluding hydrogens is 522 g/mol. The van der Waals surface area contributed by atoms with E-state index in [0.29, 0.717) is 32.6 Å². The smallest absolute Gasteiger partial charge is 0.247 e. The van der Waals surface area contributed by atoms with Crippen molar-refractivity contribution >= 4 is 29.5 Å². The number of rotatable bonds is 13. The summed E-state index contributed by atoms with van der Waals surface area (Å²) >= 11 is 1.68. The van der Waals surface area contributed by atoms with Crippen LogP contribution in [0, 0.1) is 17.8 Å². The van der Waals surface area contributed by atoms with Crippen LogP contribution in [0.15, 0.2) is 55.6 Å². The van der Waals surface area contributed by atoms with Gasteiger partial charge in [0.25, 0.3) is 0 Å². The molecule has 3 aliphatic heterocycles. The van der Waals surface area contributed by atoms with Crippen molar-refractivity contribution in [2.45, 2.75) is 75.1 Å². The van der Waals surface area contributed by atoms with Gasteiger partial charge < -0.3 is 19.8 Å². The molecule has 2 unspecified atom stereocenters. The second-order valence-electron chi connectivity index (χ2n) is 12.0. The maximum Gasteiger partial charge on any atom is 0.247 e. The van der Waals surface area contributed by atoms with Gasteiger partial charge in [-0.25, -0.2) is 0 Å². The molecule has 6 atom stereocenters. The predicted molar refractivity (Wildman–Crippen MR) is 160 cm³/mol. The normalized spacial score (nSPS) is 29.4. The van der Waals surface area contributed by atoms with Crippen LogP contribution in [-0.2, 0) is 20.9 Å². The summed E-state index contributed by atoms with van der Waals surface area (Å²) in [6.07, 6.45) is 5.70. The molecule has 3 amide bonds. The number of benzene rings is 1. The third-order valence-electron chi connectivity index (χ3n) is 9.06. The van der Waals surface area contributed by atoms with E-state index >= 15 is 0 Å². The minimum absolute atomic E-state index is 0.0259. The quantitative estimate of drug-likeness (QED) is 0.363. The highest BCUT2D eigenvalue weighted by Crippen LogP contribution is 2.72. The monoisotopic (exact) mass is 567 g/mol. The molecule has 4 rings (SSSR count). The van der Waals surface area contributed by atoms with Gasteiger partial charge in [-0.05, 0) is 37.7 Å². The second-order valence-corrected chi connectivity index (χ2v) is 13.9. The molecule has 0 aliphatic carbocycles. The van der Waals surface area contributed by atoms with Crippen molar-refractivity contribution < 1.29 is 19.5 Å². The zero-order chi connectivity index (χ0) is 29.2. The molecule has 0 radical (unpaired) electrons. The number of carbonyl (C=O) groups is 3. The van der Waals surface area contributed by atoms with E-state index in [1.807, 2.05) is 56.0 Å². The zero-order valence-corrected chi connectivity index (χ0v) is 25.2. The van der Waals surface area contributed by atoms with Crippen LogP contribution in [0.5, 0.6) is 0 Å². The molecule has 3 aliphatic rings. The van der Waals surface area contributed by atoms with Crippen molar-refractivity contribution in [2.75, 3.05) is 26.2 Å². The topological polar surface area (TPSA) is 81.2 Å². The molecular formula is C32H45N3O4S. The van der Waals surface area contributed by atoms with Crippen molar-refractivity contribution in [1.29, 1.82) is 0 Å². The Kier molecular flexibility index (Phi) is 9.20. The molecule has 0 aromatic heterocycles. The lowest BCUT2D eigenvalue weighted by Crippen LogP contribution is -2.58. The molecule has 40 heavy (non-hydrogen) atoms. The number of aliphatic hydroxyl groups excluding tert-OH is 1. The Hall–Kier alpha value is -2.58. The highest BCUT2D eigenvalue weighted by molar-refractivity contribution is 8.02. The molecule has 1 N–H and O–H groups in total. The number of aliphatic hydroxyl groups is 1. The van der Waals surface area contributed by atoms with E-state index in [4.69, 9.17) is 0 Å². The molecule has 218 valence electrons. The standard InChI is InChI=1S/C32H45N3O4S/c1-7-17-33(18-8-2)28(37)25-26-29(38)35(24(21-36)22(4)5)27(32(26)16-15-31(25,6)40-32)30(39)34(19-9-3)20-23-13-11-10-12-14-23/h7,9-14,22,24-27,36H,1,3,8,15-21H2,2,4-6H3/t24-,25-,26-,27?,31+,32?/m0/s1. The molecule has 3 fully saturated rings. The predicted octanol–water partition coefficient (Wildman–Crippen LogP) is 4.12. The Morgan fingerprint density at radius 2 is 1.77 bits per heavy atom. The number of hydrogen-bond acceptors (Lipinski definition) is 5. The fraction of sp³-hybridized carbons (Fsp3) is 0.594. The largest absolute Gasteiger partial charge is 0.394 e. The number of carbonyl (C=O) groups excluding carboxylic acids is 3. The van der Waals surface area contributed by atoms with Crippen LogP contribution in [0.2, 0.25) is 0 Å². The fourth-order valence-corrected chi connectivity index (χ4v) is 9.61. The van der Waals surface area contributed by atoms with Crippen molar-refractivity contribution in [2.24, 2.45) is 17.8 Å². The number of thioether (sulfide) groups is 1. The first-order valence-corrected chi connectivity index (χ1v) is 15.4. The first-order chi connectivity index (χ1) is 19.1. The Bertz CT molecular complexity index is 1130. The number of hydrogen-bond donors (Lipinski definition) is 1. The van der Waals surface area contributed by atoms with Crippen molar-refractivity contribution in [1.82, 2.24) is 14.7 Å². The molecule has 2 bridgehead atoms. The summed E-state index contributed by atoms with van der Waals surface area (Å²) in [5, 5.41) is 10.5. The SMILES string of the molecule is C=CCN(Cc1ccccc1)C(=O)C1N([C@@H](CO)C(C)C)C(=O)[C@@H]2[C@@H](C(=O)N(CC=C)CCC)[C@@]3(C)CCC12S3. The lowest BCUT2D eigenvalue weighted by molar-refractivity contribution is -0.148. The van der Waals surface area contributed by atoms with Gasteiger partial charge in [0, 0.05) is 30.9 Å². The molecule has 3 saturated heterocycles. The van der Waals surface area contributed by atoms with Crippen LogP contribution < -0.4 is 0 Å². The van der Waals surface area contributed by atoms with Gasteiger partial charge in [0.15, 0.2) is 0 Å². The van der Waals surface area contributed by atoms with Gasteiger partial charge in [-0.3, -0.25) is 14.4 Å². The van der Waals surface area contributed by atoms with Crippen LogP contribution in [0.3, 0.4) is 0 Å². The lowest BCUT2D eigenvalue weighted by atomic mass is 9.66. The van der Waals surface area contributed by atoms with Gasteiger partial charge in [-0.2, -0.15) is 0 Å². The molecule has 0 saturated carbocycles. The van der Waals surface area contributed by atoms with Gasteiger partial charge in [-0.1, -0.05) is 63.3 Å². The van der Waals surface area contributed by atoms with Crippen molar-refractivity contribution in [3.8, 4) is 0 Å². The van der Waals surface area contributed by atoms with E-state index in [1.165, 1.54) is 0 Å². The van der Waals surface area contributed by atoms with E-state index < -0.39 is 33.4 Å². The highest BCUT2D eigenvalue weighted by atomic mass is 32.2. The minimum Gasteiger partial charge on any atom is -0.394 e. The Balaban J connectivity index is 1.81. The third-order valence-corrected chi connectivity index (χ3v) is 11.0. The van der Waals surface area contributed by atoms with Crippen LogP contribution >= 0.6 is 11.8 Å². The van der Waals surface area contributed by atoms with Gasteiger partial charge in [0.05, 0.1) is 29.2 Å². The van der Waals surface area contributed by atoms with Gasteiger partial charge >= 0.3 is 0 Å². The zero-order valence-electron chi connectivity index (χ0n) is 24.4. The second kappa shape index (κ2) is 12.1. The summed E-state index contributed by atoms with van der Waals surface area (Å²) in [4.78, 5) is 48.6. The number of nitrogens with zero attached hydrogens (tertiary/aromatic N) is 3. The maximum atomic E-state index is 14.7. The van der Waals surface area contributed by atoms with Crippen molar-refractivity contribution in [3.05, 3.63) is 61.2 Å². The summed E-state index contributed by atoms with van der Waals surface area (Å²) < 4.78 is -1.17. The number of fused-ring (bicyclic) bond motifs is 1. The number of likely N-dealkylation sites (tertiary alicyclic amines) is 1. The van der Waals surface area contributed by atoms with E-state index in [2.05, 4.69) is 20.1 Å². The van der Waals surface area contributed by atoms with Crippen molar-refractivity contribution in [3.63, 3.8) is 0 Å². The van der Waals surface area contributed by atoms with Gasteiger partial charge in [0.2, 0.25) is 17.7 Å². The van der Waals surface area contributed by atoms with E-state index in [9.17, 15) is 19.5 Å². The Morgan fingerprint density at radius 1 is 1.12 bits per heavy atom. The van der Waals surface area contributed by atoms with Crippen LogP contribution in [-0.4, -0.2) is 85.3 Å². The average Bonchev–Trinajstić information content (AvgIpc) is 3.49. The molecule has 1 aromatic carbocycles. The minimum atomic E-state index is -0.767. The first kappa shape index (κ1) is 30.4.